The average Bonchev–Trinajstić information content (AvgIpc) is 2.61. The molecule has 24 heavy (non-hydrogen) atoms. The number of ether oxygens (including phenoxy) is 1. The quantitative estimate of drug-likeness (QED) is 0.819. The highest BCUT2D eigenvalue weighted by Crippen LogP contribution is 2.24. The smallest absolute Gasteiger partial charge is 0.246 e. The van der Waals surface area contributed by atoms with Gasteiger partial charge in [-0.1, -0.05) is 12.1 Å². The third-order valence-electron chi connectivity index (χ3n) is 3.95. The van der Waals surface area contributed by atoms with E-state index in [9.17, 15) is 12.8 Å². The van der Waals surface area contributed by atoms with Gasteiger partial charge in [-0.05, 0) is 25.0 Å². The normalized spacial score (nSPS) is 19.3. The Morgan fingerprint density at radius 3 is 2.88 bits per heavy atom. The number of rotatable bonds is 5. The van der Waals surface area contributed by atoms with E-state index >= 15 is 0 Å². The first-order valence-electron chi connectivity index (χ1n) is 7.68. The Bertz CT molecular complexity index is 786. The summed E-state index contributed by atoms with van der Waals surface area (Å²) in [6, 6.07) is 5.08. The molecule has 1 atom stereocenters. The monoisotopic (exact) mass is 351 g/mol. The molecule has 0 spiro atoms. The Morgan fingerprint density at radius 2 is 2.12 bits per heavy atom. The third-order valence-corrected chi connectivity index (χ3v) is 5.93. The molecule has 1 fully saturated rings. The lowest BCUT2D eigenvalue weighted by Crippen LogP contribution is -2.48. The van der Waals surface area contributed by atoms with Crippen LogP contribution >= 0.6 is 0 Å². The summed E-state index contributed by atoms with van der Waals surface area (Å²) in [5, 5.41) is 0. The number of sulfonamides is 1. The van der Waals surface area contributed by atoms with Gasteiger partial charge in [0.15, 0.2) is 0 Å². The SMILES string of the molecule is O=S(=O)(c1ccccc1F)N1CCOCC1CCc1cnccn1. The van der Waals surface area contributed by atoms with E-state index in [1.165, 1.54) is 22.5 Å². The van der Waals surface area contributed by atoms with Crippen molar-refractivity contribution in [3.8, 4) is 0 Å². The maximum Gasteiger partial charge on any atom is 0.246 e. The van der Waals surface area contributed by atoms with Gasteiger partial charge in [0.2, 0.25) is 10.0 Å². The second kappa shape index (κ2) is 7.33. The molecule has 0 saturated carbocycles. The molecular formula is C16H18FN3O3S. The van der Waals surface area contributed by atoms with Crippen LogP contribution in [0.25, 0.3) is 0 Å². The second-order valence-electron chi connectivity index (χ2n) is 5.51. The molecule has 0 amide bonds. The van der Waals surface area contributed by atoms with Crippen LogP contribution in [0.4, 0.5) is 4.39 Å². The number of aromatic nitrogens is 2. The van der Waals surface area contributed by atoms with E-state index in [0.717, 1.165) is 11.8 Å². The molecule has 1 unspecified atom stereocenters. The molecule has 1 aliphatic heterocycles. The molecule has 0 N–H and O–H groups in total. The minimum atomic E-state index is -3.90. The van der Waals surface area contributed by atoms with Crippen LogP contribution in [0.15, 0.2) is 47.8 Å². The number of morpholine rings is 1. The molecule has 1 aliphatic rings. The van der Waals surface area contributed by atoms with Crippen molar-refractivity contribution in [1.29, 1.82) is 0 Å². The van der Waals surface area contributed by atoms with Gasteiger partial charge in [-0.15, -0.1) is 0 Å². The summed E-state index contributed by atoms with van der Waals surface area (Å²) >= 11 is 0. The van der Waals surface area contributed by atoms with Gasteiger partial charge in [0, 0.05) is 31.2 Å². The molecule has 8 heteroatoms. The maximum absolute atomic E-state index is 14.0. The van der Waals surface area contributed by atoms with Crippen LogP contribution < -0.4 is 0 Å². The van der Waals surface area contributed by atoms with Gasteiger partial charge in [-0.25, -0.2) is 12.8 Å². The van der Waals surface area contributed by atoms with Crippen LogP contribution in [-0.4, -0.2) is 48.5 Å². The lowest BCUT2D eigenvalue weighted by atomic mass is 10.1. The van der Waals surface area contributed by atoms with Crippen molar-refractivity contribution < 1.29 is 17.5 Å². The Hall–Kier alpha value is -1.90. The standard InChI is InChI=1S/C16H18FN3O3S/c17-15-3-1-2-4-16(15)24(21,22)20-9-10-23-12-14(20)6-5-13-11-18-7-8-19-13/h1-4,7-8,11,14H,5-6,9-10,12H2. The van der Waals surface area contributed by atoms with Crippen molar-refractivity contribution in [3.63, 3.8) is 0 Å². The lowest BCUT2D eigenvalue weighted by Gasteiger charge is -2.34. The highest BCUT2D eigenvalue weighted by Gasteiger charge is 2.35. The number of benzene rings is 1. The zero-order valence-electron chi connectivity index (χ0n) is 13.0. The molecule has 1 aromatic heterocycles. The molecular weight excluding hydrogens is 333 g/mol. The van der Waals surface area contributed by atoms with Gasteiger partial charge >= 0.3 is 0 Å². The zero-order valence-corrected chi connectivity index (χ0v) is 13.8. The topological polar surface area (TPSA) is 72.4 Å². The number of hydrogen-bond acceptors (Lipinski definition) is 5. The number of hydrogen-bond donors (Lipinski definition) is 0. The summed E-state index contributed by atoms with van der Waals surface area (Å²) < 4.78 is 46.4. The Balaban J connectivity index is 1.80. The summed E-state index contributed by atoms with van der Waals surface area (Å²) in [6.45, 7) is 0.797. The lowest BCUT2D eigenvalue weighted by molar-refractivity contribution is 0.0296. The molecule has 3 rings (SSSR count). The molecule has 1 saturated heterocycles. The van der Waals surface area contributed by atoms with Gasteiger partial charge in [-0.3, -0.25) is 9.97 Å². The fraction of sp³-hybridized carbons (Fsp3) is 0.375. The molecule has 0 radical (unpaired) electrons. The number of halogens is 1. The Kier molecular flexibility index (Phi) is 5.17. The Morgan fingerprint density at radius 1 is 1.29 bits per heavy atom. The first-order valence-corrected chi connectivity index (χ1v) is 9.12. The average molecular weight is 351 g/mol. The van der Waals surface area contributed by atoms with Crippen molar-refractivity contribution in [1.82, 2.24) is 14.3 Å². The van der Waals surface area contributed by atoms with E-state index < -0.39 is 15.8 Å². The first-order chi connectivity index (χ1) is 11.6. The van der Waals surface area contributed by atoms with Crippen molar-refractivity contribution in [3.05, 3.63) is 54.4 Å². The van der Waals surface area contributed by atoms with Crippen LogP contribution in [0.3, 0.4) is 0 Å². The van der Waals surface area contributed by atoms with Gasteiger partial charge in [-0.2, -0.15) is 4.31 Å². The van der Waals surface area contributed by atoms with Crippen molar-refractivity contribution >= 4 is 10.0 Å². The fourth-order valence-corrected chi connectivity index (χ4v) is 4.43. The predicted octanol–water partition coefficient (Wildman–Crippen LogP) is 1.64. The van der Waals surface area contributed by atoms with Crippen LogP contribution in [0.5, 0.6) is 0 Å². The highest BCUT2D eigenvalue weighted by atomic mass is 32.2. The molecule has 0 aliphatic carbocycles. The van der Waals surface area contributed by atoms with Crippen molar-refractivity contribution in [2.45, 2.75) is 23.8 Å². The van der Waals surface area contributed by atoms with E-state index in [4.69, 9.17) is 4.74 Å². The summed E-state index contributed by atoms with van der Waals surface area (Å²) in [5.41, 5.74) is 0.784. The van der Waals surface area contributed by atoms with Gasteiger partial charge in [0.25, 0.3) is 0 Å². The molecule has 2 heterocycles. The predicted molar refractivity (Wildman–Crippen MR) is 85.3 cm³/mol. The van der Waals surface area contributed by atoms with Crippen LogP contribution in [-0.2, 0) is 21.2 Å². The molecule has 2 aromatic rings. The summed E-state index contributed by atoms with van der Waals surface area (Å²) in [4.78, 5) is 7.90. The number of aryl methyl sites for hydroxylation is 1. The minimum Gasteiger partial charge on any atom is -0.378 e. The van der Waals surface area contributed by atoms with E-state index in [0.29, 0.717) is 19.4 Å². The van der Waals surface area contributed by atoms with E-state index in [1.807, 2.05) is 0 Å². The summed E-state index contributed by atoms with van der Waals surface area (Å²) in [7, 11) is -3.90. The van der Waals surface area contributed by atoms with Gasteiger partial charge in [0.1, 0.15) is 10.7 Å². The largest absolute Gasteiger partial charge is 0.378 e. The molecule has 128 valence electrons. The van der Waals surface area contributed by atoms with Gasteiger partial charge < -0.3 is 4.74 Å². The highest BCUT2D eigenvalue weighted by molar-refractivity contribution is 7.89. The van der Waals surface area contributed by atoms with Crippen molar-refractivity contribution in [2.24, 2.45) is 0 Å². The summed E-state index contributed by atoms with van der Waals surface area (Å²) in [5.74, 6) is -0.739. The van der Waals surface area contributed by atoms with Gasteiger partial charge in [0.05, 0.1) is 18.9 Å². The van der Waals surface area contributed by atoms with E-state index in [2.05, 4.69) is 9.97 Å². The molecule has 1 aromatic carbocycles. The maximum atomic E-state index is 14.0. The zero-order chi connectivity index (χ0) is 17.0. The van der Waals surface area contributed by atoms with E-state index in [-0.39, 0.29) is 24.1 Å². The molecule has 6 nitrogen and oxygen atoms in total. The first kappa shape index (κ1) is 16.9. The van der Waals surface area contributed by atoms with Crippen LogP contribution in [0.1, 0.15) is 12.1 Å². The third kappa shape index (κ3) is 3.61. The Labute approximate surface area is 140 Å². The number of nitrogens with zero attached hydrogens (tertiary/aromatic N) is 3. The van der Waals surface area contributed by atoms with Crippen molar-refractivity contribution in [2.75, 3.05) is 19.8 Å². The fourth-order valence-electron chi connectivity index (χ4n) is 2.74. The van der Waals surface area contributed by atoms with E-state index in [1.54, 1.807) is 18.6 Å². The molecule has 0 bridgehead atoms. The van der Waals surface area contributed by atoms with Crippen LogP contribution in [0, 0.1) is 5.82 Å². The van der Waals surface area contributed by atoms with Crippen LogP contribution in [0.2, 0.25) is 0 Å². The second-order valence-corrected chi connectivity index (χ2v) is 7.37. The summed E-state index contributed by atoms with van der Waals surface area (Å²) in [6.07, 6.45) is 5.94. The minimum absolute atomic E-state index is 0.210.